The Morgan fingerprint density at radius 3 is 2.57 bits per heavy atom. The van der Waals surface area contributed by atoms with Crippen LogP contribution < -0.4 is 5.32 Å². The number of rotatable bonds is 10. The van der Waals surface area contributed by atoms with Crippen LogP contribution in [0.5, 0.6) is 0 Å². The van der Waals surface area contributed by atoms with E-state index in [1.807, 2.05) is 48.7 Å². The fraction of sp³-hybridized carbons (Fsp3) is 0.478. The molecule has 3 amide bonds. The van der Waals surface area contributed by atoms with Gasteiger partial charge in [-0.1, -0.05) is 37.9 Å². The monoisotopic (exact) mass is 432 g/mol. The molecule has 1 aromatic carbocycles. The van der Waals surface area contributed by atoms with E-state index < -0.39 is 0 Å². The minimum absolute atomic E-state index is 0.0372. The van der Waals surface area contributed by atoms with Gasteiger partial charge in [0.05, 0.1) is 6.54 Å². The van der Waals surface area contributed by atoms with Crippen molar-refractivity contribution in [3.05, 3.63) is 53.3 Å². The largest absolute Gasteiger partial charge is 0.353 e. The summed E-state index contributed by atoms with van der Waals surface area (Å²) < 4.78 is 2.02. The second kappa shape index (κ2) is 11.6. The average molecular weight is 433 g/mol. The molecule has 0 saturated carbocycles. The molecule has 0 aliphatic heterocycles. The number of anilines is 1. The highest BCUT2D eigenvalue weighted by molar-refractivity contribution is 6.30. The van der Waals surface area contributed by atoms with Crippen LogP contribution in [0.15, 0.2) is 42.6 Å². The molecular formula is C23H33ClN4O2. The van der Waals surface area contributed by atoms with E-state index in [1.54, 1.807) is 29.2 Å². The maximum atomic E-state index is 13.2. The van der Waals surface area contributed by atoms with E-state index in [0.717, 1.165) is 25.0 Å². The van der Waals surface area contributed by atoms with E-state index in [-0.39, 0.29) is 24.5 Å². The Morgan fingerprint density at radius 1 is 1.20 bits per heavy atom. The normalized spacial score (nSPS) is 11.8. The molecule has 1 heterocycles. The molecule has 0 radical (unpaired) electrons. The third kappa shape index (κ3) is 6.80. The van der Waals surface area contributed by atoms with Crippen molar-refractivity contribution in [1.82, 2.24) is 14.4 Å². The number of nitrogens with one attached hydrogen (secondary N) is 1. The molecule has 2 rings (SSSR count). The van der Waals surface area contributed by atoms with Crippen LogP contribution in [0, 0.1) is 0 Å². The number of carbonyl (C=O) groups excluding carboxylic acids is 2. The first kappa shape index (κ1) is 23.8. The van der Waals surface area contributed by atoms with Crippen molar-refractivity contribution in [3.8, 4) is 0 Å². The number of aromatic nitrogens is 1. The first-order valence-corrected chi connectivity index (χ1v) is 10.9. The number of carbonyl (C=O) groups is 2. The van der Waals surface area contributed by atoms with Crippen LogP contribution >= 0.6 is 11.6 Å². The molecule has 0 unspecified atom stereocenters. The molecule has 0 bridgehead atoms. The summed E-state index contributed by atoms with van der Waals surface area (Å²) in [5, 5.41) is 3.42. The number of aryl methyl sites for hydroxylation is 1. The van der Waals surface area contributed by atoms with Crippen LogP contribution in [0.25, 0.3) is 0 Å². The molecule has 1 aromatic heterocycles. The lowest BCUT2D eigenvalue weighted by atomic mass is 10.2. The summed E-state index contributed by atoms with van der Waals surface area (Å²) >= 11 is 6.02. The van der Waals surface area contributed by atoms with Gasteiger partial charge in [-0.3, -0.25) is 4.79 Å². The second-order valence-electron chi connectivity index (χ2n) is 7.60. The molecule has 0 aliphatic rings. The predicted octanol–water partition coefficient (Wildman–Crippen LogP) is 5.14. The standard InChI is InChI=1S/C23H33ClN4O2/c1-5-7-14-27(16-21-12-9-13-26(21)4)22(29)17-28(18(3)6-2)23(30)25-20-11-8-10-19(24)15-20/h8-13,15,18H,5-7,14,16-17H2,1-4H3,(H,25,30)/t18-/m1/s1. The van der Waals surface area contributed by atoms with Gasteiger partial charge in [0.25, 0.3) is 0 Å². The molecule has 0 aliphatic carbocycles. The zero-order chi connectivity index (χ0) is 22.1. The Balaban J connectivity index is 2.14. The Bertz CT molecular complexity index is 836. The van der Waals surface area contributed by atoms with Gasteiger partial charge < -0.3 is 19.7 Å². The fourth-order valence-electron chi connectivity index (χ4n) is 3.15. The lowest BCUT2D eigenvalue weighted by molar-refractivity contribution is -0.133. The van der Waals surface area contributed by atoms with Crippen molar-refractivity contribution in [1.29, 1.82) is 0 Å². The highest BCUT2D eigenvalue weighted by atomic mass is 35.5. The average Bonchev–Trinajstić information content (AvgIpc) is 3.12. The first-order chi connectivity index (χ1) is 14.3. The number of hydrogen-bond acceptors (Lipinski definition) is 2. The van der Waals surface area contributed by atoms with Gasteiger partial charge in [0.1, 0.15) is 6.54 Å². The third-order valence-electron chi connectivity index (χ3n) is 5.30. The van der Waals surface area contributed by atoms with Crippen LogP contribution in [0.2, 0.25) is 5.02 Å². The van der Waals surface area contributed by atoms with Crippen LogP contribution in [0.3, 0.4) is 0 Å². The Morgan fingerprint density at radius 2 is 1.97 bits per heavy atom. The number of benzene rings is 1. The summed E-state index contributed by atoms with van der Waals surface area (Å²) in [4.78, 5) is 29.6. The maximum absolute atomic E-state index is 13.2. The van der Waals surface area contributed by atoms with Gasteiger partial charge in [0, 0.05) is 42.2 Å². The molecule has 2 aromatic rings. The summed E-state index contributed by atoms with van der Waals surface area (Å²) in [6, 6.07) is 10.6. The number of hydrogen-bond donors (Lipinski definition) is 1. The van der Waals surface area contributed by atoms with Crippen molar-refractivity contribution in [2.75, 3.05) is 18.4 Å². The summed E-state index contributed by atoms with van der Waals surface area (Å²) in [7, 11) is 1.97. The van der Waals surface area contributed by atoms with Gasteiger partial charge in [-0.2, -0.15) is 0 Å². The maximum Gasteiger partial charge on any atom is 0.322 e. The smallest absolute Gasteiger partial charge is 0.322 e. The number of unbranched alkanes of at least 4 members (excludes halogenated alkanes) is 1. The molecule has 1 N–H and O–H groups in total. The van der Waals surface area contributed by atoms with Gasteiger partial charge in [0.15, 0.2) is 0 Å². The van der Waals surface area contributed by atoms with Crippen molar-refractivity contribution in [2.24, 2.45) is 7.05 Å². The van der Waals surface area contributed by atoms with Gasteiger partial charge in [-0.05, 0) is 50.1 Å². The molecule has 0 saturated heterocycles. The molecule has 30 heavy (non-hydrogen) atoms. The van der Waals surface area contributed by atoms with Gasteiger partial charge in [-0.25, -0.2) is 4.79 Å². The van der Waals surface area contributed by atoms with Crippen molar-refractivity contribution < 1.29 is 9.59 Å². The zero-order valence-electron chi connectivity index (χ0n) is 18.4. The number of nitrogens with zero attached hydrogens (tertiary/aromatic N) is 3. The van der Waals surface area contributed by atoms with Gasteiger partial charge >= 0.3 is 6.03 Å². The minimum atomic E-state index is -0.297. The summed E-state index contributed by atoms with van der Waals surface area (Å²) in [5.41, 5.74) is 1.68. The molecule has 164 valence electrons. The van der Waals surface area contributed by atoms with E-state index in [1.165, 1.54) is 0 Å². The topological polar surface area (TPSA) is 57.6 Å². The van der Waals surface area contributed by atoms with E-state index in [9.17, 15) is 9.59 Å². The Hall–Kier alpha value is -2.47. The molecular weight excluding hydrogens is 400 g/mol. The number of amides is 3. The lowest BCUT2D eigenvalue weighted by Crippen LogP contribution is -2.48. The third-order valence-corrected chi connectivity index (χ3v) is 5.54. The number of halogens is 1. The van der Waals surface area contributed by atoms with Gasteiger partial charge in [0.2, 0.25) is 5.91 Å². The van der Waals surface area contributed by atoms with Crippen molar-refractivity contribution in [2.45, 2.75) is 52.6 Å². The minimum Gasteiger partial charge on any atom is -0.353 e. The quantitative estimate of drug-likeness (QED) is 0.565. The Labute approximate surface area is 184 Å². The molecule has 0 fully saturated rings. The highest BCUT2D eigenvalue weighted by Gasteiger charge is 2.25. The summed E-state index contributed by atoms with van der Waals surface area (Å²) in [6.07, 6.45) is 4.65. The second-order valence-corrected chi connectivity index (χ2v) is 8.04. The molecule has 7 heteroatoms. The molecule has 1 atom stereocenters. The number of urea groups is 1. The van der Waals surface area contributed by atoms with Gasteiger partial charge in [-0.15, -0.1) is 0 Å². The van der Waals surface area contributed by atoms with E-state index in [0.29, 0.717) is 23.8 Å². The highest BCUT2D eigenvalue weighted by Crippen LogP contribution is 2.17. The Kier molecular flexibility index (Phi) is 9.24. The van der Waals surface area contributed by atoms with Crippen molar-refractivity contribution >= 4 is 29.2 Å². The fourth-order valence-corrected chi connectivity index (χ4v) is 3.34. The van der Waals surface area contributed by atoms with Crippen molar-refractivity contribution in [3.63, 3.8) is 0 Å². The van der Waals surface area contributed by atoms with E-state index in [2.05, 4.69) is 12.2 Å². The lowest BCUT2D eigenvalue weighted by Gasteiger charge is -2.31. The van der Waals surface area contributed by atoms with E-state index in [4.69, 9.17) is 11.6 Å². The molecule has 6 nitrogen and oxygen atoms in total. The van der Waals surface area contributed by atoms with E-state index >= 15 is 0 Å². The van der Waals surface area contributed by atoms with Crippen LogP contribution in [-0.4, -0.2) is 45.4 Å². The van der Waals surface area contributed by atoms with Crippen LogP contribution in [0.1, 0.15) is 45.7 Å². The zero-order valence-corrected chi connectivity index (χ0v) is 19.2. The first-order valence-electron chi connectivity index (χ1n) is 10.6. The van der Waals surface area contributed by atoms with Crippen LogP contribution in [0.4, 0.5) is 10.5 Å². The summed E-state index contributed by atoms with van der Waals surface area (Å²) in [5.74, 6) is -0.0498. The summed E-state index contributed by atoms with van der Waals surface area (Å²) in [6.45, 7) is 7.31. The van der Waals surface area contributed by atoms with Crippen LogP contribution in [-0.2, 0) is 18.4 Å². The molecule has 0 spiro atoms. The SMILES string of the molecule is CCCCN(Cc1cccn1C)C(=O)CN(C(=O)Nc1cccc(Cl)c1)[C@H](C)CC. The predicted molar refractivity (Wildman–Crippen MR) is 123 cm³/mol.